The molecule has 0 spiro atoms. The fourth-order valence-electron chi connectivity index (χ4n) is 1.01. The minimum Gasteiger partial charge on any atom is -0.480 e. The van der Waals surface area contributed by atoms with Gasteiger partial charge in [-0.1, -0.05) is 24.3 Å². The topological polar surface area (TPSA) is 57.5 Å². The molecule has 0 atom stereocenters. The van der Waals surface area contributed by atoms with Crippen LogP contribution in [0.2, 0.25) is 0 Å². The van der Waals surface area contributed by atoms with Crippen LogP contribution in [0.1, 0.15) is 6.42 Å². The van der Waals surface area contributed by atoms with Crippen LogP contribution >= 0.6 is 0 Å². The lowest BCUT2D eigenvalue weighted by atomic mass is 9.85. The van der Waals surface area contributed by atoms with Crippen LogP contribution in [0.4, 0.5) is 0 Å². The van der Waals surface area contributed by atoms with Crippen LogP contribution in [0.15, 0.2) is 24.3 Å². The highest BCUT2D eigenvalue weighted by molar-refractivity contribution is 5.80. The van der Waals surface area contributed by atoms with Crippen LogP contribution in [0, 0.1) is 5.41 Å². The van der Waals surface area contributed by atoms with E-state index in [0.717, 1.165) is 6.42 Å². The summed E-state index contributed by atoms with van der Waals surface area (Å²) in [5.74, 6) is -1.01. The first kappa shape index (κ1) is 8.01. The standard InChI is InChI=1S/C8H10O3/c9-6-8(7(10)11)4-2-1-3-5-8/h2-5,9H,1,6H2,(H,10,11). The summed E-state index contributed by atoms with van der Waals surface area (Å²) in [7, 11) is 0. The molecule has 3 nitrogen and oxygen atoms in total. The monoisotopic (exact) mass is 154 g/mol. The molecule has 0 aromatic carbocycles. The van der Waals surface area contributed by atoms with Gasteiger partial charge in [0.25, 0.3) is 0 Å². The minimum atomic E-state index is -1.17. The number of aliphatic carboxylic acids is 1. The van der Waals surface area contributed by atoms with Crippen LogP contribution in [0.25, 0.3) is 0 Å². The molecule has 0 saturated carbocycles. The Morgan fingerprint density at radius 2 is 2.00 bits per heavy atom. The first-order valence-electron chi connectivity index (χ1n) is 3.41. The van der Waals surface area contributed by atoms with Gasteiger partial charge in [0.1, 0.15) is 5.41 Å². The van der Waals surface area contributed by atoms with Gasteiger partial charge in [0.15, 0.2) is 0 Å². The molecule has 0 bridgehead atoms. The zero-order chi connectivity index (χ0) is 8.32. The average molecular weight is 154 g/mol. The molecule has 3 heteroatoms. The molecule has 0 amide bonds. The van der Waals surface area contributed by atoms with Crippen molar-refractivity contribution in [3.8, 4) is 0 Å². The summed E-state index contributed by atoms with van der Waals surface area (Å²) in [6, 6.07) is 0. The second-order valence-electron chi connectivity index (χ2n) is 2.54. The number of aliphatic hydroxyl groups excluding tert-OH is 1. The normalized spacial score (nSPS) is 20.1. The van der Waals surface area contributed by atoms with Crippen LogP contribution in [-0.2, 0) is 4.79 Å². The zero-order valence-electron chi connectivity index (χ0n) is 6.03. The van der Waals surface area contributed by atoms with Gasteiger partial charge in [-0.2, -0.15) is 0 Å². The number of hydrogen-bond donors (Lipinski definition) is 2. The fourth-order valence-corrected chi connectivity index (χ4v) is 1.01. The van der Waals surface area contributed by atoms with Gasteiger partial charge in [0.05, 0.1) is 6.61 Å². The predicted molar refractivity (Wildman–Crippen MR) is 40.1 cm³/mol. The van der Waals surface area contributed by atoms with Crippen molar-refractivity contribution in [1.82, 2.24) is 0 Å². The van der Waals surface area contributed by atoms with Gasteiger partial charge in [-0.15, -0.1) is 0 Å². The number of hydrogen-bond acceptors (Lipinski definition) is 2. The maximum atomic E-state index is 10.6. The third-order valence-corrected chi connectivity index (χ3v) is 1.76. The third kappa shape index (κ3) is 1.33. The van der Waals surface area contributed by atoms with Crippen molar-refractivity contribution < 1.29 is 15.0 Å². The summed E-state index contributed by atoms with van der Waals surface area (Å²) in [4.78, 5) is 10.6. The largest absolute Gasteiger partial charge is 0.480 e. The third-order valence-electron chi connectivity index (χ3n) is 1.76. The minimum absolute atomic E-state index is 0.380. The molecule has 0 saturated heterocycles. The van der Waals surface area contributed by atoms with Gasteiger partial charge in [0, 0.05) is 0 Å². The van der Waals surface area contributed by atoms with Crippen molar-refractivity contribution in [2.45, 2.75) is 6.42 Å². The Labute approximate surface area is 64.7 Å². The molecule has 0 fully saturated rings. The Hall–Kier alpha value is -1.09. The van der Waals surface area contributed by atoms with E-state index in [1.54, 1.807) is 12.2 Å². The van der Waals surface area contributed by atoms with E-state index in [0.29, 0.717) is 0 Å². The highest BCUT2D eigenvalue weighted by atomic mass is 16.4. The lowest BCUT2D eigenvalue weighted by molar-refractivity contribution is -0.145. The second kappa shape index (κ2) is 2.88. The Morgan fingerprint density at radius 3 is 2.27 bits per heavy atom. The van der Waals surface area contributed by atoms with E-state index in [9.17, 15) is 4.79 Å². The molecule has 0 heterocycles. The summed E-state index contributed by atoms with van der Waals surface area (Å²) in [6.07, 6.45) is 7.27. The van der Waals surface area contributed by atoms with E-state index in [1.807, 2.05) is 0 Å². The Morgan fingerprint density at radius 1 is 1.45 bits per heavy atom. The van der Waals surface area contributed by atoms with E-state index in [4.69, 9.17) is 10.2 Å². The fraction of sp³-hybridized carbons (Fsp3) is 0.375. The second-order valence-corrected chi connectivity index (χ2v) is 2.54. The van der Waals surface area contributed by atoms with Gasteiger partial charge in [-0.25, -0.2) is 0 Å². The van der Waals surface area contributed by atoms with Crippen LogP contribution in [0.5, 0.6) is 0 Å². The van der Waals surface area contributed by atoms with E-state index in [1.165, 1.54) is 12.2 Å². The lowest BCUT2D eigenvalue weighted by Crippen LogP contribution is -2.31. The molecule has 0 aromatic rings. The summed E-state index contributed by atoms with van der Waals surface area (Å²) in [5.41, 5.74) is -1.17. The van der Waals surface area contributed by atoms with Crippen molar-refractivity contribution in [1.29, 1.82) is 0 Å². The van der Waals surface area contributed by atoms with E-state index < -0.39 is 11.4 Å². The molecule has 1 aliphatic carbocycles. The number of carbonyl (C=O) groups is 1. The Bertz CT molecular complexity index is 203. The predicted octanol–water partition coefficient (Wildman–Crippen LogP) is 0.566. The molecule has 0 radical (unpaired) electrons. The summed E-state index contributed by atoms with van der Waals surface area (Å²) in [6.45, 7) is -0.380. The number of aliphatic hydroxyl groups is 1. The Kier molecular flexibility index (Phi) is 2.10. The lowest BCUT2D eigenvalue weighted by Gasteiger charge is -2.20. The molecule has 1 rings (SSSR count). The SMILES string of the molecule is O=C(O)C1(CO)C=CCC=C1. The zero-order valence-corrected chi connectivity index (χ0v) is 6.03. The van der Waals surface area contributed by atoms with E-state index in [2.05, 4.69) is 0 Å². The molecule has 11 heavy (non-hydrogen) atoms. The molecular formula is C8H10O3. The maximum absolute atomic E-state index is 10.6. The maximum Gasteiger partial charge on any atom is 0.319 e. The summed E-state index contributed by atoms with van der Waals surface area (Å²) < 4.78 is 0. The molecule has 2 N–H and O–H groups in total. The van der Waals surface area contributed by atoms with Crippen LogP contribution in [0.3, 0.4) is 0 Å². The Balaban J connectivity index is 2.90. The van der Waals surface area contributed by atoms with Gasteiger partial charge >= 0.3 is 5.97 Å². The number of rotatable bonds is 2. The van der Waals surface area contributed by atoms with Crippen molar-refractivity contribution in [3.05, 3.63) is 24.3 Å². The first-order chi connectivity index (χ1) is 5.21. The average Bonchev–Trinajstić information content (AvgIpc) is 2.05. The highest BCUT2D eigenvalue weighted by Gasteiger charge is 2.32. The molecular weight excluding hydrogens is 144 g/mol. The van der Waals surface area contributed by atoms with Crippen molar-refractivity contribution in [3.63, 3.8) is 0 Å². The molecule has 0 aliphatic heterocycles. The summed E-state index contributed by atoms with van der Waals surface area (Å²) in [5, 5.41) is 17.6. The molecule has 0 aromatic heterocycles. The smallest absolute Gasteiger partial charge is 0.319 e. The molecule has 0 unspecified atom stereocenters. The molecule has 1 aliphatic rings. The number of allylic oxidation sites excluding steroid dienone is 2. The molecule has 60 valence electrons. The van der Waals surface area contributed by atoms with Gasteiger partial charge in [-0.3, -0.25) is 4.79 Å². The van der Waals surface area contributed by atoms with Gasteiger partial charge < -0.3 is 10.2 Å². The number of carboxylic acids is 1. The van der Waals surface area contributed by atoms with Crippen LogP contribution in [-0.4, -0.2) is 22.8 Å². The van der Waals surface area contributed by atoms with Gasteiger partial charge in [0.2, 0.25) is 0 Å². The highest BCUT2D eigenvalue weighted by Crippen LogP contribution is 2.24. The summed E-state index contributed by atoms with van der Waals surface area (Å²) >= 11 is 0. The van der Waals surface area contributed by atoms with E-state index in [-0.39, 0.29) is 6.61 Å². The van der Waals surface area contributed by atoms with Crippen molar-refractivity contribution >= 4 is 5.97 Å². The van der Waals surface area contributed by atoms with E-state index >= 15 is 0 Å². The van der Waals surface area contributed by atoms with Crippen molar-refractivity contribution in [2.75, 3.05) is 6.61 Å². The quantitative estimate of drug-likeness (QED) is 0.571. The first-order valence-corrected chi connectivity index (χ1v) is 3.41. The number of carboxylic acid groups (broad SMARTS) is 1. The van der Waals surface area contributed by atoms with Gasteiger partial charge in [-0.05, 0) is 6.42 Å². The van der Waals surface area contributed by atoms with Crippen LogP contribution < -0.4 is 0 Å². The van der Waals surface area contributed by atoms with Crippen molar-refractivity contribution in [2.24, 2.45) is 5.41 Å².